The molecule has 1 N–H and O–H groups in total. The highest BCUT2D eigenvalue weighted by molar-refractivity contribution is 6.30. The fraction of sp³-hybridized carbons (Fsp3) is 0.133. The number of rotatable bonds is 3. The van der Waals surface area contributed by atoms with Gasteiger partial charge in [0.15, 0.2) is 0 Å². The molecule has 0 bridgehead atoms. The van der Waals surface area contributed by atoms with Crippen molar-refractivity contribution in [1.29, 1.82) is 0 Å². The first-order chi connectivity index (χ1) is 9.65. The summed E-state index contributed by atoms with van der Waals surface area (Å²) in [4.78, 5) is 4.53. The first kappa shape index (κ1) is 12.9. The molecule has 3 rings (SSSR count). The van der Waals surface area contributed by atoms with E-state index in [9.17, 15) is 4.39 Å². The molecule has 0 saturated carbocycles. The summed E-state index contributed by atoms with van der Waals surface area (Å²) in [7, 11) is 1.95. The van der Waals surface area contributed by atoms with Gasteiger partial charge in [-0.3, -0.25) is 0 Å². The quantitative estimate of drug-likeness (QED) is 0.790. The number of hydrogen-bond acceptors (Lipinski definition) is 2. The SMILES string of the molecule is Cn1c(CNc2ccc(Cl)cc2F)nc2ccccc21. The minimum atomic E-state index is -0.365. The molecule has 0 aliphatic heterocycles. The fourth-order valence-electron chi connectivity index (χ4n) is 2.16. The van der Waals surface area contributed by atoms with Gasteiger partial charge in [0.2, 0.25) is 0 Å². The molecule has 0 atom stereocenters. The van der Waals surface area contributed by atoms with E-state index in [1.165, 1.54) is 6.07 Å². The van der Waals surface area contributed by atoms with Crippen LogP contribution in [0.15, 0.2) is 42.5 Å². The van der Waals surface area contributed by atoms with Crippen molar-refractivity contribution in [3.05, 3.63) is 59.1 Å². The molecule has 1 heterocycles. The molecule has 1 aromatic heterocycles. The molecule has 0 aliphatic rings. The average molecular weight is 290 g/mol. The molecule has 3 aromatic rings. The largest absolute Gasteiger partial charge is 0.375 e. The van der Waals surface area contributed by atoms with Crippen LogP contribution < -0.4 is 5.32 Å². The monoisotopic (exact) mass is 289 g/mol. The number of fused-ring (bicyclic) bond motifs is 1. The van der Waals surface area contributed by atoms with Gasteiger partial charge < -0.3 is 9.88 Å². The van der Waals surface area contributed by atoms with E-state index in [4.69, 9.17) is 11.6 Å². The number of aryl methyl sites for hydroxylation is 1. The second-order valence-electron chi connectivity index (χ2n) is 4.55. The van der Waals surface area contributed by atoms with E-state index in [2.05, 4.69) is 10.3 Å². The van der Waals surface area contributed by atoms with Crippen LogP contribution in [0.5, 0.6) is 0 Å². The van der Waals surface area contributed by atoms with Crippen LogP contribution in [0.3, 0.4) is 0 Å². The number of nitrogens with zero attached hydrogens (tertiary/aromatic N) is 2. The van der Waals surface area contributed by atoms with Gasteiger partial charge in [-0.25, -0.2) is 9.37 Å². The maximum Gasteiger partial charge on any atom is 0.147 e. The van der Waals surface area contributed by atoms with Crippen LogP contribution in [0.2, 0.25) is 5.02 Å². The van der Waals surface area contributed by atoms with Crippen molar-refractivity contribution in [2.75, 3.05) is 5.32 Å². The second kappa shape index (κ2) is 5.13. The van der Waals surface area contributed by atoms with Crippen LogP contribution in [0.1, 0.15) is 5.82 Å². The molecule has 3 nitrogen and oxygen atoms in total. The van der Waals surface area contributed by atoms with Crippen LogP contribution in [0.25, 0.3) is 11.0 Å². The molecule has 0 radical (unpaired) electrons. The van der Waals surface area contributed by atoms with Gasteiger partial charge in [0, 0.05) is 12.1 Å². The number of anilines is 1. The molecular weight excluding hydrogens is 277 g/mol. The maximum absolute atomic E-state index is 13.7. The Labute approximate surface area is 121 Å². The highest BCUT2D eigenvalue weighted by atomic mass is 35.5. The molecule has 0 aliphatic carbocycles. The highest BCUT2D eigenvalue weighted by Gasteiger charge is 2.08. The van der Waals surface area contributed by atoms with Crippen LogP contribution in [-0.4, -0.2) is 9.55 Å². The third-order valence-corrected chi connectivity index (χ3v) is 3.48. The molecule has 0 spiro atoms. The third-order valence-electron chi connectivity index (χ3n) is 3.25. The van der Waals surface area contributed by atoms with Gasteiger partial charge in [0.1, 0.15) is 11.6 Å². The Morgan fingerprint density at radius 3 is 2.80 bits per heavy atom. The lowest BCUT2D eigenvalue weighted by atomic mass is 10.3. The van der Waals surface area contributed by atoms with E-state index >= 15 is 0 Å². The van der Waals surface area contributed by atoms with E-state index < -0.39 is 0 Å². The molecule has 102 valence electrons. The van der Waals surface area contributed by atoms with E-state index in [0.29, 0.717) is 17.3 Å². The Bertz CT molecular complexity index is 767. The Balaban J connectivity index is 1.85. The summed E-state index contributed by atoms with van der Waals surface area (Å²) in [6.07, 6.45) is 0. The number of benzene rings is 2. The van der Waals surface area contributed by atoms with Crippen LogP contribution >= 0.6 is 11.6 Å². The molecule has 0 amide bonds. The standard InChI is InChI=1S/C15H13ClFN3/c1-20-14-5-3-2-4-13(14)19-15(20)9-18-12-7-6-10(16)8-11(12)17/h2-8,18H,9H2,1H3. The highest BCUT2D eigenvalue weighted by Crippen LogP contribution is 2.20. The van der Waals surface area contributed by atoms with Crippen LogP contribution in [0.4, 0.5) is 10.1 Å². The number of halogens is 2. The Hall–Kier alpha value is -2.07. The summed E-state index contributed by atoms with van der Waals surface area (Å²) in [5, 5.41) is 3.43. The predicted octanol–water partition coefficient (Wildman–Crippen LogP) is 3.98. The molecule has 0 fully saturated rings. The topological polar surface area (TPSA) is 29.9 Å². The Morgan fingerprint density at radius 2 is 2.05 bits per heavy atom. The van der Waals surface area contributed by atoms with E-state index in [1.807, 2.05) is 35.9 Å². The van der Waals surface area contributed by atoms with Gasteiger partial charge in [-0.1, -0.05) is 23.7 Å². The Kier molecular flexibility index (Phi) is 3.32. The van der Waals surface area contributed by atoms with Crippen molar-refractivity contribution >= 4 is 28.3 Å². The van der Waals surface area contributed by atoms with Gasteiger partial charge in [0.05, 0.1) is 23.3 Å². The van der Waals surface area contributed by atoms with Gasteiger partial charge in [-0.2, -0.15) is 0 Å². The predicted molar refractivity (Wildman–Crippen MR) is 79.5 cm³/mol. The summed E-state index contributed by atoms with van der Waals surface area (Å²) in [6.45, 7) is 0.448. The smallest absolute Gasteiger partial charge is 0.147 e. The maximum atomic E-state index is 13.7. The lowest BCUT2D eigenvalue weighted by molar-refractivity contribution is 0.629. The molecule has 5 heteroatoms. The van der Waals surface area contributed by atoms with Crippen molar-refractivity contribution in [2.45, 2.75) is 6.54 Å². The third kappa shape index (κ3) is 2.34. The average Bonchev–Trinajstić information content (AvgIpc) is 2.75. The lowest BCUT2D eigenvalue weighted by Crippen LogP contribution is -2.07. The van der Waals surface area contributed by atoms with E-state index in [-0.39, 0.29) is 5.82 Å². The first-order valence-electron chi connectivity index (χ1n) is 6.24. The number of para-hydroxylation sites is 2. The van der Waals surface area contributed by atoms with Gasteiger partial charge in [-0.15, -0.1) is 0 Å². The van der Waals surface area contributed by atoms with Crippen molar-refractivity contribution in [2.24, 2.45) is 7.05 Å². The zero-order chi connectivity index (χ0) is 14.1. The van der Waals surface area contributed by atoms with E-state index in [1.54, 1.807) is 12.1 Å². The zero-order valence-electron chi connectivity index (χ0n) is 10.9. The van der Waals surface area contributed by atoms with E-state index in [0.717, 1.165) is 16.9 Å². The summed E-state index contributed by atoms with van der Waals surface area (Å²) < 4.78 is 15.7. The van der Waals surface area contributed by atoms with Gasteiger partial charge in [0.25, 0.3) is 0 Å². The van der Waals surface area contributed by atoms with Crippen molar-refractivity contribution in [3.63, 3.8) is 0 Å². The summed E-state index contributed by atoms with van der Waals surface area (Å²) in [5.74, 6) is 0.483. The summed E-state index contributed by atoms with van der Waals surface area (Å²) >= 11 is 5.73. The Morgan fingerprint density at radius 1 is 1.25 bits per heavy atom. The summed E-state index contributed by atoms with van der Waals surface area (Å²) in [6, 6.07) is 12.5. The first-order valence-corrected chi connectivity index (χ1v) is 6.62. The van der Waals surface area contributed by atoms with Crippen molar-refractivity contribution in [1.82, 2.24) is 9.55 Å². The van der Waals surface area contributed by atoms with Crippen LogP contribution in [0, 0.1) is 5.82 Å². The number of imidazole rings is 1. The van der Waals surface area contributed by atoms with Crippen molar-refractivity contribution in [3.8, 4) is 0 Å². The fourth-order valence-corrected chi connectivity index (χ4v) is 2.32. The zero-order valence-corrected chi connectivity index (χ0v) is 11.7. The number of hydrogen-bond donors (Lipinski definition) is 1. The molecule has 2 aromatic carbocycles. The number of nitrogens with one attached hydrogen (secondary N) is 1. The second-order valence-corrected chi connectivity index (χ2v) is 4.99. The number of aromatic nitrogens is 2. The minimum absolute atomic E-state index is 0.365. The molecule has 20 heavy (non-hydrogen) atoms. The van der Waals surface area contributed by atoms with Crippen LogP contribution in [-0.2, 0) is 13.6 Å². The lowest BCUT2D eigenvalue weighted by Gasteiger charge is -2.08. The molecule has 0 saturated heterocycles. The summed E-state index contributed by atoms with van der Waals surface area (Å²) in [5.41, 5.74) is 2.41. The minimum Gasteiger partial charge on any atom is -0.375 e. The van der Waals surface area contributed by atoms with Gasteiger partial charge in [-0.05, 0) is 30.3 Å². The van der Waals surface area contributed by atoms with Gasteiger partial charge >= 0.3 is 0 Å². The molecular formula is C15H13ClFN3. The normalized spacial score (nSPS) is 10.9. The van der Waals surface area contributed by atoms with Crippen molar-refractivity contribution < 1.29 is 4.39 Å². The molecule has 0 unspecified atom stereocenters.